The topological polar surface area (TPSA) is 93.9 Å². The van der Waals surface area contributed by atoms with Crippen LogP contribution in [0.25, 0.3) is 0 Å². The van der Waals surface area contributed by atoms with Gasteiger partial charge in [0, 0.05) is 13.1 Å². The van der Waals surface area contributed by atoms with Crippen molar-refractivity contribution in [3.63, 3.8) is 0 Å². The maximum absolute atomic E-state index is 13.7. The van der Waals surface area contributed by atoms with Crippen LogP contribution in [0.1, 0.15) is 0 Å². The fourth-order valence-corrected chi connectivity index (χ4v) is 3.01. The van der Waals surface area contributed by atoms with Crippen molar-refractivity contribution in [1.82, 2.24) is 9.84 Å². The minimum absolute atomic E-state index is 0.0742. The third-order valence-electron chi connectivity index (χ3n) is 2.82. The lowest BCUT2D eigenvalue weighted by Crippen LogP contribution is -2.48. The van der Waals surface area contributed by atoms with E-state index in [2.05, 4.69) is 4.83 Å². The Labute approximate surface area is 116 Å². The number of nitrogens with zero attached hydrogens (tertiary/aromatic N) is 1. The van der Waals surface area contributed by atoms with E-state index in [0.717, 1.165) is 12.1 Å². The van der Waals surface area contributed by atoms with E-state index in [4.69, 9.17) is 15.2 Å². The van der Waals surface area contributed by atoms with Crippen molar-refractivity contribution in [1.29, 1.82) is 0 Å². The SMILES string of the molecule is COc1c(N)cc(S(=O)(=O)NN2CCOCC2)cc1F. The van der Waals surface area contributed by atoms with Gasteiger partial charge in [-0.1, -0.05) is 0 Å². The van der Waals surface area contributed by atoms with E-state index in [1.54, 1.807) is 0 Å². The van der Waals surface area contributed by atoms with E-state index in [-0.39, 0.29) is 16.3 Å². The highest BCUT2D eigenvalue weighted by Gasteiger charge is 2.22. The van der Waals surface area contributed by atoms with Crippen LogP contribution in [0.3, 0.4) is 0 Å². The van der Waals surface area contributed by atoms with E-state index < -0.39 is 15.8 Å². The molecule has 0 aliphatic carbocycles. The van der Waals surface area contributed by atoms with Gasteiger partial charge >= 0.3 is 0 Å². The summed E-state index contributed by atoms with van der Waals surface area (Å²) in [4.78, 5) is 2.12. The molecule has 1 aliphatic heterocycles. The second kappa shape index (κ2) is 5.92. The highest BCUT2D eigenvalue weighted by atomic mass is 32.2. The van der Waals surface area contributed by atoms with Gasteiger partial charge in [0.1, 0.15) is 0 Å². The molecule has 1 aromatic carbocycles. The van der Waals surface area contributed by atoms with Gasteiger partial charge in [0.25, 0.3) is 10.0 Å². The number of nitrogens with one attached hydrogen (secondary N) is 1. The van der Waals surface area contributed by atoms with E-state index >= 15 is 0 Å². The Balaban J connectivity index is 2.25. The van der Waals surface area contributed by atoms with Crippen molar-refractivity contribution in [2.45, 2.75) is 4.90 Å². The third-order valence-corrected chi connectivity index (χ3v) is 4.18. The van der Waals surface area contributed by atoms with Crippen LogP contribution >= 0.6 is 0 Å². The lowest BCUT2D eigenvalue weighted by Gasteiger charge is -2.26. The number of benzene rings is 1. The number of hydrogen-bond acceptors (Lipinski definition) is 6. The summed E-state index contributed by atoms with van der Waals surface area (Å²) in [5, 5.41) is 1.50. The second-order valence-electron chi connectivity index (χ2n) is 4.22. The van der Waals surface area contributed by atoms with Crippen LogP contribution in [0.4, 0.5) is 10.1 Å². The van der Waals surface area contributed by atoms with E-state index in [9.17, 15) is 12.8 Å². The van der Waals surface area contributed by atoms with Gasteiger partial charge in [-0.05, 0) is 12.1 Å². The largest absolute Gasteiger partial charge is 0.492 e. The first-order valence-corrected chi connectivity index (χ1v) is 7.40. The van der Waals surface area contributed by atoms with Gasteiger partial charge < -0.3 is 15.2 Å². The Bertz CT molecular complexity index is 564. The zero-order chi connectivity index (χ0) is 14.8. The van der Waals surface area contributed by atoms with Crippen molar-refractivity contribution in [2.75, 3.05) is 39.1 Å². The molecule has 0 saturated carbocycles. The van der Waals surface area contributed by atoms with Crippen LogP contribution in [0.15, 0.2) is 17.0 Å². The first kappa shape index (κ1) is 15.0. The normalized spacial score (nSPS) is 17.1. The summed E-state index contributed by atoms with van der Waals surface area (Å²) in [6.45, 7) is 1.71. The Morgan fingerprint density at radius 2 is 2.05 bits per heavy atom. The fraction of sp³-hybridized carbons (Fsp3) is 0.455. The summed E-state index contributed by atoms with van der Waals surface area (Å²) >= 11 is 0. The number of morpholine rings is 1. The molecule has 2 rings (SSSR count). The number of nitrogens with two attached hydrogens (primary N) is 1. The molecule has 0 atom stereocenters. The first-order valence-electron chi connectivity index (χ1n) is 5.92. The molecule has 1 saturated heterocycles. The standard InChI is InChI=1S/C11H16FN3O4S/c1-18-11-9(12)6-8(7-10(11)13)20(16,17)14-15-2-4-19-5-3-15/h6-7,14H,2-5,13H2,1H3. The summed E-state index contributed by atoms with van der Waals surface area (Å²) in [5.41, 5.74) is 5.50. The highest BCUT2D eigenvalue weighted by molar-refractivity contribution is 7.89. The zero-order valence-corrected chi connectivity index (χ0v) is 11.7. The third kappa shape index (κ3) is 3.18. The molecule has 9 heteroatoms. The van der Waals surface area contributed by atoms with Gasteiger partial charge in [-0.2, -0.15) is 0 Å². The van der Waals surface area contributed by atoms with Gasteiger partial charge in [-0.15, -0.1) is 4.83 Å². The van der Waals surface area contributed by atoms with E-state index in [0.29, 0.717) is 26.3 Å². The molecular formula is C11H16FN3O4S. The molecule has 7 nitrogen and oxygen atoms in total. The first-order chi connectivity index (χ1) is 9.44. The zero-order valence-electron chi connectivity index (χ0n) is 10.9. The van der Waals surface area contributed by atoms with Gasteiger partial charge in [-0.3, -0.25) is 0 Å². The Morgan fingerprint density at radius 3 is 2.60 bits per heavy atom. The molecule has 0 spiro atoms. The van der Waals surface area contributed by atoms with Crippen LogP contribution in [-0.4, -0.2) is 46.8 Å². The number of anilines is 1. The Morgan fingerprint density at radius 1 is 1.40 bits per heavy atom. The number of hydrazine groups is 1. The van der Waals surface area contributed by atoms with Crippen LogP contribution in [0.2, 0.25) is 0 Å². The lowest BCUT2D eigenvalue weighted by atomic mass is 10.3. The highest BCUT2D eigenvalue weighted by Crippen LogP contribution is 2.28. The van der Waals surface area contributed by atoms with E-state index in [1.807, 2.05) is 0 Å². The summed E-state index contributed by atoms with van der Waals surface area (Å²) in [6.07, 6.45) is 0. The molecule has 20 heavy (non-hydrogen) atoms. The van der Waals surface area contributed by atoms with Crippen molar-refractivity contribution in [3.8, 4) is 5.75 Å². The molecule has 0 unspecified atom stereocenters. The minimum Gasteiger partial charge on any atom is -0.492 e. The van der Waals surface area contributed by atoms with Crippen LogP contribution in [0.5, 0.6) is 5.75 Å². The summed E-state index contributed by atoms with van der Waals surface area (Å²) in [5.74, 6) is -0.995. The number of ether oxygens (including phenoxy) is 2. The maximum atomic E-state index is 13.7. The molecule has 0 bridgehead atoms. The van der Waals surface area contributed by atoms with Crippen LogP contribution < -0.4 is 15.3 Å². The Kier molecular flexibility index (Phi) is 4.43. The van der Waals surface area contributed by atoms with Crippen molar-refractivity contribution in [2.24, 2.45) is 0 Å². The molecule has 3 N–H and O–H groups in total. The molecule has 0 radical (unpaired) electrons. The van der Waals surface area contributed by atoms with Gasteiger partial charge in [0.15, 0.2) is 11.6 Å². The van der Waals surface area contributed by atoms with E-state index in [1.165, 1.54) is 12.1 Å². The number of rotatable bonds is 4. The van der Waals surface area contributed by atoms with Gasteiger partial charge in [0.2, 0.25) is 0 Å². The molecule has 1 fully saturated rings. The fourth-order valence-electron chi connectivity index (χ4n) is 1.84. The predicted molar refractivity (Wildman–Crippen MR) is 70.1 cm³/mol. The van der Waals surface area contributed by atoms with Gasteiger partial charge in [0.05, 0.1) is 30.9 Å². The van der Waals surface area contributed by atoms with Crippen molar-refractivity contribution < 1.29 is 22.3 Å². The molecule has 112 valence electrons. The number of halogens is 1. The quantitative estimate of drug-likeness (QED) is 0.757. The maximum Gasteiger partial charge on any atom is 0.253 e. The predicted octanol–water partition coefficient (Wildman–Crippen LogP) is -0.0580. The smallest absolute Gasteiger partial charge is 0.253 e. The molecule has 0 aromatic heterocycles. The number of sulfonamides is 1. The average Bonchev–Trinajstić information content (AvgIpc) is 2.39. The molecule has 1 aromatic rings. The van der Waals surface area contributed by atoms with Crippen LogP contribution in [0, 0.1) is 5.82 Å². The molecular weight excluding hydrogens is 289 g/mol. The summed E-state index contributed by atoms with van der Waals surface area (Å²) in [7, 11) is -2.63. The van der Waals surface area contributed by atoms with Crippen molar-refractivity contribution in [3.05, 3.63) is 17.9 Å². The Hall–Kier alpha value is -1.42. The second-order valence-corrected chi connectivity index (χ2v) is 5.88. The minimum atomic E-state index is -3.89. The number of nitrogen functional groups attached to an aromatic ring is 1. The summed E-state index contributed by atoms with van der Waals surface area (Å²) < 4.78 is 47.9. The number of hydrogen-bond donors (Lipinski definition) is 2. The van der Waals surface area contributed by atoms with Crippen molar-refractivity contribution >= 4 is 15.7 Å². The average molecular weight is 305 g/mol. The summed E-state index contributed by atoms with van der Waals surface area (Å²) in [6, 6.07) is 2.03. The monoisotopic (exact) mass is 305 g/mol. The molecule has 0 amide bonds. The lowest BCUT2D eigenvalue weighted by molar-refractivity contribution is 0.0272. The van der Waals surface area contributed by atoms with Crippen LogP contribution in [-0.2, 0) is 14.8 Å². The van der Waals surface area contributed by atoms with Gasteiger partial charge in [-0.25, -0.2) is 17.8 Å². The molecule has 1 aliphatic rings. The molecule has 1 heterocycles. The number of methoxy groups -OCH3 is 1.